The van der Waals surface area contributed by atoms with Crippen LogP contribution < -0.4 is 10.6 Å². The molecule has 0 aliphatic heterocycles. The van der Waals surface area contributed by atoms with Gasteiger partial charge in [0.2, 0.25) is 5.91 Å². The molecule has 0 spiro atoms. The van der Waals surface area contributed by atoms with Crippen molar-refractivity contribution in [2.45, 2.75) is 38.0 Å². The highest BCUT2D eigenvalue weighted by Crippen LogP contribution is 2.18. The number of halogens is 1. The van der Waals surface area contributed by atoms with E-state index >= 15 is 0 Å². The van der Waals surface area contributed by atoms with Crippen molar-refractivity contribution in [2.24, 2.45) is 0 Å². The molecule has 0 aliphatic carbocycles. The summed E-state index contributed by atoms with van der Waals surface area (Å²) in [6, 6.07) is 7.26. The highest BCUT2D eigenvalue weighted by Gasteiger charge is 2.23. The number of carbonyl (C=O) groups excluding carboxylic acids is 2. The number of thioether (sulfide) groups is 2. The molecule has 9 heteroatoms. The first-order chi connectivity index (χ1) is 13.9. The van der Waals surface area contributed by atoms with Crippen LogP contribution in [-0.2, 0) is 11.3 Å². The summed E-state index contributed by atoms with van der Waals surface area (Å²) in [5, 5.41) is 6.31. The van der Waals surface area contributed by atoms with Crippen molar-refractivity contribution < 1.29 is 9.59 Å². The van der Waals surface area contributed by atoms with Gasteiger partial charge in [-0.1, -0.05) is 60.1 Å². The van der Waals surface area contributed by atoms with E-state index in [4.69, 9.17) is 11.6 Å². The van der Waals surface area contributed by atoms with Gasteiger partial charge in [-0.2, -0.15) is 11.8 Å². The van der Waals surface area contributed by atoms with Crippen molar-refractivity contribution in [2.75, 3.05) is 17.8 Å². The Morgan fingerprint density at radius 3 is 2.62 bits per heavy atom. The molecule has 2 amide bonds. The molecule has 0 fully saturated rings. The van der Waals surface area contributed by atoms with Gasteiger partial charge in [0.05, 0.1) is 11.2 Å². The van der Waals surface area contributed by atoms with E-state index in [9.17, 15) is 9.59 Å². The van der Waals surface area contributed by atoms with Gasteiger partial charge >= 0.3 is 0 Å². The van der Waals surface area contributed by atoms with Crippen molar-refractivity contribution >= 4 is 46.9 Å². The van der Waals surface area contributed by atoms with Crippen LogP contribution in [0.5, 0.6) is 0 Å². The summed E-state index contributed by atoms with van der Waals surface area (Å²) in [5.74, 6) is 0.797. The Morgan fingerprint density at radius 2 is 1.97 bits per heavy atom. The van der Waals surface area contributed by atoms with Crippen molar-refractivity contribution in [1.29, 1.82) is 0 Å². The number of aromatic nitrogens is 2. The summed E-state index contributed by atoms with van der Waals surface area (Å²) in [6.07, 6.45) is 3.88. The first-order valence-corrected chi connectivity index (χ1v) is 12.0. The number of benzene rings is 1. The molecule has 2 rings (SSSR count). The largest absolute Gasteiger partial charge is 0.350 e. The summed E-state index contributed by atoms with van der Waals surface area (Å²) in [5.41, 5.74) is 2.24. The standard InChI is InChI=1S/C20H25ClN4O2S2/c1-4-29-20-23-12-15(21)17(25-20)19(27)24-16(9-10-28-3)18(26)22-11-14-7-5-13(2)6-8-14/h5-8,12,16H,4,9-11H2,1-3H3,(H,22,26)(H,24,27). The monoisotopic (exact) mass is 452 g/mol. The van der Waals surface area contributed by atoms with E-state index in [1.165, 1.54) is 18.0 Å². The smallest absolute Gasteiger partial charge is 0.272 e. The minimum Gasteiger partial charge on any atom is -0.350 e. The summed E-state index contributed by atoms with van der Waals surface area (Å²) >= 11 is 9.14. The second-order valence-corrected chi connectivity index (χ2v) is 8.92. The fourth-order valence-electron chi connectivity index (χ4n) is 2.46. The maximum absolute atomic E-state index is 12.7. The Bertz CT molecular complexity index is 834. The van der Waals surface area contributed by atoms with Crippen molar-refractivity contribution in [1.82, 2.24) is 20.6 Å². The molecule has 156 valence electrons. The molecule has 0 saturated heterocycles. The van der Waals surface area contributed by atoms with Crippen LogP contribution in [0.2, 0.25) is 5.02 Å². The maximum Gasteiger partial charge on any atom is 0.272 e. The summed E-state index contributed by atoms with van der Waals surface area (Å²) in [6.45, 7) is 4.38. The van der Waals surface area contributed by atoms with Crippen LogP contribution in [0.15, 0.2) is 35.6 Å². The van der Waals surface area contributed by atoms with Crippen LogP contribution in [0.3, 0.4) is 0 Å². The lowest BCUT2D eigenvalue weighted by atomic mass is 10.1. The quantitative estimate of drug-likeness (QED) is 0.422. The maximum atomic E-state index is 12.7. The molecule has 2 aromatic rings. The average Bonchev–Trinajstić information content (AvgIpc) is 2.71. The van der Waals surface area contributed by atoms with Crippen molar-refractivity contribution in [3.05, 3.63) is 52.3 Å². The number of nitrogens with zero attached hydrogens (tertiary/aromatic N) is 2. The second kappa shape index (κ2) is 12.0. The van der Waals surface area contributed by atoms with E-state index in [0.717, 1.165) is 22.6 Å². The van der Waals surface area contributed by atoms with Gasteiger partial charge in [-0.25, -0.2) is 9.97 Å². The molecule has 6 nitrogen and oxygen atoms in total. The number of nitrogens with one attached hydrogen (secondary N) is 2. The second-order valence-electron chi connectivity index (χ2n) is 6.29. The minimum absolute atomic E-state index is 0.0816. The Hall–Kier alpha value is -1.77. The van der Waals surface area contributed by atoms with Crippen LogP contribution in [0, 0.1) is 6.92 Å². The van der Waals surface area contributed by atoms with Gasteiger partial charge in [0, 0.05) is 6.54 Å². The van der Waals surface area contributed by atoms with E-state index < -0.39 is 11.9 Å². The third-order valence-electron chi connectivity index (χ3n) is 4.03. The van der Waals surface area contributed by atoms with Gasteiger partial charge in [0.25, 0.3) is 5.91 Å². The molecule has 1 heterocycles. The van der Waals surface area contributed by atoms with Crippen LogP contribution in [-0.4, -0.2) is 45.6 Å². The molecule has 0 bridgehead atoms. The molecule has 2 N–H and O–H groups in total. The van der Waals surface area contributed by atoms with E-state index in [-0.39, 0.29) is 16.6 Å². The highest BCUT2D eigenvalue weighted by atomic mass is 35.5. The van der Waals surface area contributed by atoms with Gasteiger partial charge in [-0.3, -0.25) is 9.59 Å². The Labute approximate surface area is 185 Å². The van der Waals surface area contributed by atoms with E-state index in [1.54, 1.807) is 11.8 Å². The molecular formula is C20H25ClN4O2S2. The number of hydrogen-bond acceptors (Lipinski definition) is 6. The molecule has 1 aromatic heterocycles. The number of amides is 2. The topological polar surface area (TPSA) is 84.0 Å². The molecule has 29 heavy (non-hydrogen) atoms. The first kappa shape index (κ1) is 23.5. The average molecular weight is 453 g/mol. The predicted octanol–water partition coefficient (Wildman–Crippen LogP) is 3.72. The van der Waals surface area contributed by atoms with Crippen molar-refractivity contribution in [3.63, 3.8) is 0 Å². The minimum atomic E-state index is -0.672. The molecule has 1 atom stereocenters. The molecule has 0 aliphatic rings. The van der Waals surface area contributed by atoms with Crippen LogP contribution in [0.25, 0.3) is 0 Å². The lowest BCUT2D eigenvalue weighted by Crippen LogP contribution is -2.47. The summed E-state index contributed by atoms with van der Waals surface area (Å²) in [7, 11) is 0. The fourth-order valence-corrected chi connectivity index (χ4v) is 3.65. The number of hydrogen-bond donors (Lipinski definition) is 2. The molecule has 0 saturated carbocycles. The van der Waals surface area contributed by atoms with Gasteiger partial charge in [-0.15, -0.1) is 0 Å². The lowest BCUT2D eigenvalue weighted by molar-refractivity contribution is -0.123. The lowest BCUT2D eigenvalue weighted by Gasteiger charge is -2.18. The van der Waals surface area contributed by atoms with Crippen LogP contribution >= 0.6 is 35.1 Å². The zero-order chi connectivity index (χ0) is 21.2. The zero-order valence-corrected chi connectivity index (χ0v) is 19.1. The summed E-state index contributed by atoms with van der Waals surface area (Å²) < 4.78 is 0. The van der Waals surface area contributed by atoms with Gasteiger partial charge in [-0.05, 0) is 36.7 Å². The Balaban J connectivity index is 2.06. The Morgan fingerprint density at radius 1 is 1.24 bits per heavy atom. The van der Waals surface area contributed by atoms with Crippen LogP contribution in [0.4, 0.5) is 0 Å². The molecule has 1 aromatic carbocycles. The zero-order valence-electron chi connectivity index (χ0n) is 16.7. The van der Waals surface area contributed by atoms with Gasteiger partial charge in [0.15, 0.2) is 10.9 Å². The third-order valence-corrected chi connectivity index (χ3v) is 5.69. The van der Waals surface area contributed by atoms with Gasteiger partial charge < -0.3 is 10.6 Å². The highest BCUT2D eigenvalue weighted by molar-refractivity contribution is 7.99. The first-order valence-electron chi connectivity index (χ1n) is 9.23. The number of aryl methyl sites for hydroxylation is 1. The SMILES string of the molecule is CCSc1ncc(Cl)c(C(=O)NC(CCSC)C(=O)NCc2ccc(C)cc2)n1. The predicted molar refractivity (Wildman–Crippen MR) is 121 cm³/mol. The van der Waals surface area contributed by atoms with E-state index in [0.29, 0.717) is 18.1 Å². The molecular weight excluding hydrogens is 428 g/mol. The third kappa shape index (κ3) is 7.53. The van der Waals surface area contributed by atoms with E-state index in [2.05, 4.69) is 20.6 Å². The van der Waals surface area contributed by atoms with Gasteiger partial charge in [0.1, 0.15) is 6.04 Å². The van der Waals surface area contributed by atoms with E-state index in [1.807, 2.05) is 44.4 Å². The number of rotatable bonds is 10. The normalized spacial score (nSPS) is 11.7. The fraction of sp³-hybridized carbons (Fsp3) is 0.400. The molecule has 1 unspecified atom stereocenters. The summed E-state index contributed by atoms with van der Waals surface area (Å²) in [4.78, 5) is 33.8. The Kier molecular flexibility index (Phi) is 9.76. The molecule has 0 radical (unpaired) electrons. The van der Waals surface area contributed by atoms with Crippen LogP contribution in [0.1, 0.15) is 35.0 Å². The van der Waals surface area contributed by atoms with Crippen molar-refractivity contribution in [3.8, 4) is 0 Å². The number of carbonyl (C=O) groups is 2.